The molecule has 2 aromatic carbocycles. The molecule has 7 nitrogen and oxygen atoms in total. The minimum absolute atomic E-state index is 0.160. The largest absolute Gasteiger partial charge is 0.808 e. The van der Waals surface area contributed by atoms with Gasteiger partial charge in [-0.05, 0) is 26.6 Å². The molecular weight excluding hydrogens is 306 g/mol. The summed E-state index contributed by atoms with van der Waals surface area (Å²) in [5.74, 6) is -0.160. The predicted octanol–water partition coefficient (Wildman–Crippen LogP) is -0.670. The zero-order valence-corrected chi connectivity index (χ0v) is 11.7. The molecule has 0 fully saturated rings. The second kappa shape index (κ2) is 5.30. The van der Waals surface area contributed by atoms with Gasteiger partial charge in [-0.2, -0.15) is 0 Å². The fourth-order valence-electron chi connectivity index (χ4n) is 1.71. The van der Waals surface area contributed by atoms with Crippen LogP contribution in [0.4, 0.5) is 0 Å². The molecule has 0 saturated heterocycles. The molecule has 0 spiro atoms. The molecule has 0 N–H and O–H groups in total. The Hall–Kier alpha value is -1.20. The van der Waals surface area contributed by atoms with E-state index in [1.807, 2.05) is 0 Å². The number of ether oxygens (including phenoxy) is 1. The first-order valence-corrected chi connectivity index (χ1v) is 8.60. The molecule has 0 heterocycles. The van der Waals surface area contributed by atoms with Crippen LogP contribution in [0, 0.1) is 0 Å². The normalized spacial score (nSPS) is 12.8. The van der Waals surface area contributed by atoms with Crippen molar-refractivity contribution in [3.63, 3.8) is 0 Å². The summed E-state index contributed by atoms with van der Waals surface area (Å²) in [6.07, 6.45) is 0. The van der Waals surface area contributed by atoms with E-state index >= 15 is 0 Å². The summed E-state index contributed by atoms with van der Waals surface area (Å²) in [5.41, 5.74) is -2.96. The summed E-state index contributed by atoms with van der Waals surface area (Å²) < 4.78 is 26.5. The smallest absolute Gasteiger partial charge is 0.150 e. The highest BCUT2D eigenvalue weighted by molar-refractivity contribution is 7.67. The van der Waals surface area contributed by atoms with Crippen LogP contribution in [0.1, 0.15) is 0 Å². The van der Waals surface area contributed by atoms with Crippen LogP contribution in [0.5, 0.6) is 5.75 Å². The fraction of sp³-hybridized carbons (Fsp3) is 0.0909. The molecule has 0 amide bonds. The van der Waals surface area contributed by atoms with Crippen LogP contribution in [-0.4, -0.2) is 5.59 Å². The summed E-state index contributed by atoms with van der Waals surface area (Å²) in [5, 5.41) is 1.03. The first kappa shape index (κ1) is 15.2. The Labute approximate surface area is 114 Å². The van der Waals surface area contributed by atoms with E-state index in [0.29, 0.717) is 10.8 Å². The first-order valence-electron chi connectivity index (χ1n) is 5.37. The van der Waals surface area contributed by atoms with Gasteiger partial charge in [0.15, 0.2) is 0 Å². The van der Waals surface area contributed by atoms with Gasteiger partial charge in [0.05, 0.1) is 0 Å². The van der Waals surface area contributed by atoms with Crippen LogP contribution in [0.3, 0.4) is 0 Å². The van der Waals surface area contributed by atoms with E-state index in [1.165, 1.54) is 12.1 Å². The molecule has 0 bridgehead atoms. The highest BCUT2D eigenvalue weighted by atomic mass is 31.2. The van der Waals surface area contributed by atoms with Crippen molar-refractivity contribution >= 4 is 26.0 Å². The second-order valence-corrected chi connectivity index (χ2v) is 7.51. The van der Waals surface area contributed by atoms with Crippen molar-refractivity contribution < 1.29 is 33.4 Å². The lowest BCUT2D eigenvalue weighted by molar-refractivity contribution is -0.336. The SMILES string of the molecule is O=P([O-])([O-])C(Oc1cccc2ccccc12)P(=O)([O-])[O-]. The maximum Gasteiger partial charge on any atom is 0.150 e. The summed E-state index contributed by atoms with van der Waals surface area (Å²) in [7, 11) is -11.5. The van der Waals surface area contributed by atoms with Gasteiger partial charge >= 0.3 is 0 Å². The van der Waals surface area contributed by atoms with Gasteiger partial charge in [-0.15, -0.1) is 0 Å². The van der Waals surface area contributed by atoms with E-state index < -0.39 is 20.8 Å². The lowest BCUT2D eigenvalue weighted by Crippen LogP contribution is -2.37. The number of benzene rings is 2. The Morgan fingerprint density at radius 2 is 1.40 bits per heavy atom. The summed E-state index contributed by atoms with van der Waals surface area (Å²) in [6, 6.07) is 11.0. The number of fused-ring (bicyclic) bond motifs is 1. The molecule has 20 heavy (non-hydrogen) atoms. The second-order valence-electron chi connectivity index (χ2n) is 4.00. The molecule has 0 aliphatic rings. The van der Waals surface area contributed by atoms with Crippen molar-refractivity contribution in [1.29, 1.82) is 0 Å². The summed E-state index contributed by atoms with van der Waals surface area (Å²) in [4.78, 5) is 43.6. The average Bonchev–Trinajstić information content (AvgIpc) is 2.33. The van der Waals surface area contributed by atoms with Crippen molar-refractivity contribution in [3.8, 4) is 5.75 Å². The van der Waals surface area contributed by atoms with E-state index in [9.17, 15) is 28.7 Å². The average molecular weight is 314 g/mol. The molecule has 2 rings (SSSR count). The fourth-order valence-corrected chi connectivity index (χ4v) is 3.59. The van der Waals surface area contributed by atoms with E-state index in [-0.39, 0.29) is 5.75 Å². The zero-order chi connectivity index (χ0) is 15.0. The van der Waals surface area contributed by atoms with Gasteiger partial charge in [0.1, 0.15) is 11.3 Å². The Bertz CT molecular complexity index is 690. The van der Waals surface area contributed by atoms with Gasteiger partial charge in [0, 0.05) is 5.39 Å². The third kappa shape index (κ3) is 3.27. The Balaban J connectivity index is 2.50. The monoisotopic (exact) mass is 314 g/mol. The Kier molecular flexibility index (Phi) is 4.02. The third-order valence-corrected chi connectivity index (χ3v) is 5.51. The molecule has 0 saturated carbocycles. The van der Waals surface area contributed by atoms with E-state index in [0.717, 1.165) is 0 Å². The lowest BCUT2D eigenvalue weighted by atomic mass is 10.1. The van der Waals surface area contributed by atoms with Crippen LogP contribution in [-0.2, 0) is 9.13 Å². The van der Waals surface area contributed by atoms with Crippen molar-refractivity contribution in [2.24, 2.45) is 0 Å². The van der Waals surface area contributed by atoms with Crippen molar-refractivity contribution in [2.75, 3.05) is 0 Å². The van der Waals surface area contributed by atoms with Gasteiger partial charge in [-0.1, -0.05) is 36.4 Å². The summed E-state index contributed by atoms with van der Waals surface area (Å²) in [6.45, 7) is 0. The molecule has 0 aliphatic carbocycles. The van der Waals surface area contributed by atoms with Gasteiger partial charge in [-0.25, -0.2) is 0 Å². The van der Waals surface area contributed by atoms with Crippen LogP contribution in [0.25, 0.3) is 10.8 Å². The van der Waals surface area contributed by atoms with Crippen LogP contribution < -0.4 is 24.3 Å². The topological polar surface area (TPSA) is 136 Å². The van der Waals surface area contributed by atoms with E-state index in [4.69, 9.17) is 0 Å². The van der Waals surface area contributed by atoms with Crippen molar-refractivity contribution in [3.05, 3.63) is 42.5 Å². The molecule has 0 atom stereocenters. The van der Waals surface area contributed by atoms with Crippen molar-refractivity contribution in [1.82, 2.24) is 0 Å². The molecule has 9 heteroatoms. The quantitative estimate of drug-likeness (QED) is 0.682. The Morgan fingerprint density at radius 1 is 0.850 bits per heavy atom. The third-order valence-electron chi connectivity index (χ3n) is 2.52. The number of rotatable bonds is 4. The minimum atomic E-state index is -5.75. The first-order chi connectivity index (χ1) is 9.19. The van der Waals surface area contributed by atoms with E-state index in [1.54, 1.807) is 30.3 Å². The van der Waals surface area contributed by atoms with Gasteiger partial charge in [0.2, 0.25) is 0 Å². The van der Waals surface area contributed by atoms with Gasteiger partial charge < -0.3 is 33.4 Å². The van der Waals surface area contributed by atoms with Gasteiger partial charge in [0.25, 0.3) is 0 Å². The lowest BCUT2D eigenvalue weighted by Gasteiger charge is -2.48. The molecule has 2 aromatic rings. The number of hydrogen-bond acceptors (Lipinski definition) is 7. The van der Waals surface area contributed by atoms with Crippen LogP contribution >= 0.6 is 15.2 Å². The number of hydrogen-bond donors (Lipinski definition) is 0. The maximum atomic E-state index is 10.9. The minimum Gasteiger partial charge on any atom is -0.808 e. The van der Waals surface area contributed by atoms with Crippen molar-refractivity contribution in [2.45, 2.75) is 5.59 Å². The van der Waals surface area contributed by atoms with E-state index in [2.05, 4.69) is 4.74 Å². The van der Waals surface area contributed by atoms with Crippen LogP contribution in [0.2, 0.25) is 0 Å². The zero-order valence-electron chi connectivity index (χ0n) is 9.87. The van der Waals surface area contributed by atoms with Gasteiger partial charge in [-0.3, -0.25) is 0 Å². The Morgan fingerprint density at radius 3 is 2.00 bits per heavy atom. The highest BCUT2D eigenvalue weighted by Gasteiger charge is 2.20. The predicted molar refractivity (Wildman–Crippen MR) is 63.6 cm³/mol. The maximum absolute atomic E-state index is 10.9. The summed E-state index contributed by atoms with van der Waals surface area (Å²) >= 11 is 0. The molecule has 0 unspecified atom stereocenters. The molecular formula is C11H8O7P2-4. The molecule has 0 aliphatic heterocycles. The van der Waals surface area contributed by atoms with Crippen LogP contribution in [0.15, 0.2) is 42.5 Å². The standard InChI is InChI=1S/C11H12O7P2/c12-19(13,14)11(20(15,16)17)18-10-7-3-5-8-4-1-2-6-9(8)10/h1-7,11H,(H2,12,13,14)(H2,15,16,17)/p-4. The molecule has 0 aromatic heterocycles. The molecule has 108 valence electrons. The highest BCUT2D eigenvalue weighted by Crippen LogP contribution is 2.51. The molecule has 0 radical (unpaired) electrons.